The lowest BCUT2D eigenvalue weighted by Crippen LogP contribution is -2.35. The number of ether oxygens (including phenoxy) is 1. The molecule has 0 amide bonds. The maximum absolute atomic E-state index is 5.80. The van der Waals surface area contributed by atoms with E-state index in [1.54, 1.807) is 0 Å². The summed E-state index contributed by atoms with van der Waals surface area (Å²) in [7, 11) is 0. The topological polar surface area (TPSA) is 47.6 Å². The lowest BCUT2D eigenvalue weighted by atomic mass is 10.1. The van der Waals surface area contributed by atoms with Crippen LogP contribution in [-0.4, -0.2) is 11.9 Å². The molecule has 0 spiro atoms. The van der Waals surface area contributed by atoms with Gasteiger partial charge in [0.05, 0.1) is 0 Å². The van der Waals surface area contributed by atoms with E-state index in [1.165, 1.54) is 0 Å². The molecule has 0 radical (unpaired) electrons. The summed E-state index contributed by atoms with van der Waals surface area (Å²) in [4.78, 5) is 4.32. The number of fused-ring (bicyclic) bond motifs is 1. The van der Waals surface area contributed by atoms with Crippen molar-refractivity contribution in [3.63, 3.8) is 0 Å². The molecule has 1 unspecified atom stereocenters. The van der Waals surface area contributed by atoms with Crippen LogP contribution in [0.15, 0.2) is 29.3 Å². The molecule has 0 aliphatic carbocycles. The maximum Gasteiger partial charge on any atom is 0.156 e. The largest absolute Gasteiger partial charge is 0.480 e. The number of para-hydroxylation sites is 2. The zero-order valence-corrected chi connectivity index (χ0v) is 8.23. The van der Waals surface area contributed by atoms with E-state index in [1.807, 2.05) is 24.3 Å². The summed E-state index contributed by atoms with van der Waals surface area (Å²) >= 11 is 0. The van der Waals surface area contributed by atoms with Gasteiger partial charge < -0.3 is 10.5 Å². The number of rotatable bonds is 2. The highest BCUT2D eigenvalue weighted by molar-refractivity contribution is 5.90. The number of nitrogens with two attached hydrogens (primary N) is 1. The van der Waals surface area contributed by atoms with E-state index < -0.39 is 0 Å². The third kappa shape index (κ3) is 1.58. The molecule has 2 N–H and O–H groups in total. The lowest BCUT2D eigenvalue weighted by Gasteiger charge is -2.23. The number of hydrogen-bond acceptors (Lipinski definition) is 3. The number of benzene rings is 1. The molecule has 0 aromatic heterocycles. The minimum Gasteiger partial charge on any atom is -0.480 e. The van der Waals surface area contributed by atoms with Crippen LogP contribution in [0.1, 0.15) is 19.8 Å². The van der Waals surface area contributed by atoms with Gasteiger partial charge in [-0.1, -0.05) is 25.5 Å². The Hall–Kier alpha value is -1.51. The van der Waals surface area contributed by atoms with Crippen molar-refractivity contribution in [3.8, 4) is 5.75 Å². The lowest BCUT2D eigenvalue weighted by molar-refractivity contribution is 0.249. The summed E-state index contributed by atoms with van der Waals surface area (Å²) < 4.78 is 5.73. The van der Waals surface area contributed by atoms with E-state index in [0.29, 0.717) is 5.84 Å². The Labute approximate surface area is 83.6 Å². The monoisotopic (exact) mass is 190 g/mol. The first-order valence-corrected chi connectivity index (χ1v) is 4.91. The highest BCUT2D eigenvalue weighted by Crippen LogP contribution is 2.31. The van der Waals surface area contributed by atoms with Crippen molar-refractivity contribution >= 4 is 11.5 Å². The number of aliphatic imine (C=N–C) groups is 1. The van der Waals surface area contributed by atoms with Crippen LogP contribution in [0.3, 0.4) is 0 Å². The third-order valence-corrected chi connectivity index (χ3v) is 2.26. The second-order valence-corrected chi connectivity index (χ2v) is 3.40. The van der Waals surface area contributed by atoms with E-state index in [2.05, 4.69) is 11.9 Å². The van der Waals surface area contributed by atoms with Crippen molar-refractivity contribution in [2.75, 3.05) is 0 Å². The van der Waals surface area contributed by atoms with E-state index in [-0.39, 0.29) is 6.10 Å². The van der Waals surface area contributed by atoms with Crippen molar-refractivity contribution in [3.05, 3.63) is 24.3 Å². The van der Waals surface area contributed by atoms with Gasteiger partial charge >= 0.3 is 0 Å². The standard InChI is InChI=1S/C11H14N2O/c1-2-5-10-11(12)13-8-6-3-4-7-9(8)14-10/h3-4,6-7,10H,2,5H2,1H3,(H2,12,13). The molecular formula is C11H14N2O. The smallest absolute Gasteiger partial charge is 0.156 e. The van der Waals surface area contributed by atoms with Gasteiger partial charge in [-0.25, -0.2) is 4.99 Å². The fourth-order valence-corrected chi connectivity index (χ4v) is 1.54. The molecule has 1 aliphatic heterocycles. The molecule has 0 bridgehead atoms. The van der Waals surface area contributed by atoms with Crippen molar-refractivity contribution in [1.82, 2.24) is 0 Å². The second kappa shape index (κ2) is 3.70. The summed E-state index contributed by atoms with van der Waals surface area (Å²) in [6, 6.07) is 7.70. The fraction of sp³-hybridized carbons (Fsp3) is 0.364. The molecule has 1 aliphatic rings. The first-order chi connectivity index (χ1) is 6.81. The average Bonchev–Trinajstić information content (AvgIpc) is 2.19. The quantitative estimate of drug-likeness (QED) is 0.777. The first kappa shape index (κ1) is 9.06. The molecule has 3 heteroatoms. The highest BCUT2D eigenvalue weighted by atomic mass is 16.5. The van der Waals surface area contributed by atoms with Crippen LogP contribution in [0.25, 0.3) is 0 Å². The second-order valence-electron chi connectivity index (χ2n) is 3.40. The maximum atomic E-state index is 5.80. The molecule has 3 nitrogen and oxygen atoms in total. The van der Waals surface area contributed by atoms with Gasteiger partial charge in [-0.3, -0.25) is 0 Å². The third-order valence-electron chi connectivity index (χ3n) is 2.26. The van der Waals surface area contributed by atoms with Crippen LogP contribution in [0.2, 0.25) is 0 Å². The van der Waals surface area contributed by atoms with Crippen molar-refractivity contribution in [2.45, 2.75) is 25.9 Å². The SMILES string of the molecule is CCCC1Oc2ccccc2N=C1N. The zero-order valence-electron chi connectivity index (χ0n) is 8.23. The molecule has 0 fully saturated rings. The molecule has 0 saturated heterocycles. The van der Waals surface area contributed by atoms with Gasteiger partial charge in [0, 0.05) is 0 Å². The van der Waals surface area contributed by atoms with Crippen molar-refractivity contribution in [1.29, 1.82) is 0 Å². The molecular weight excluding hydrogens is 176 g/mol. The van der Waals surface area contributed by atoms with E-state index >= 15 is 0 Å². The number of amidine groups is 1. The molecule has 1 atom stereocenters. The average molecular weight is 190 g/mol. The van der Waals surface area contributed by atoms with Gasteiger partial charge in [0.25, 0.3) is 0 Å². The van der Waals surface area contributed by atoms with Gasteiger partial charge in [0.2, 0.25) is 0 Å². The van der Waals surface area contributed by atoms with Gasteiger partial charge in [-0.2, -0.15) is 0 Å². The first-order valence-electron chi connectivity index (χ1n) is 4.91. The summed E-state index contributed by atoms with van der Waals surface area (Å²) in [5.41, 5.74) is 6.64. The molecule has 1 aromatic carbocycles. The Kier molecular flexibility index (Phi) is 2.39. The molecule has 1 heterocycles. The summed E-state index contributed by atoms with van der Waals surface area (Å²) in [5.74, 6) is 1.42. The van der Waals surface area contributed by atoms with E-state index in [4.69, 9.17) is 10.5 Å². The van der Waals surface area contributed by atoms with Crippen LogP contribution in [-0.2, 0) is 0 Å². The predicted octanol–water partition coefficient (Wildman–Crippen LogP) is 2.24. The van der Waals surface area contributed by atoms with Crippen LogP contribution in [0.4, 0.5) is 5.69 Å². The summed E-state index contributed by atoms with van der Waals surface area (Å²) in [6.07, 6.45) is 1.92. The van der Waals surface area contributed by atoms with Crippen LogP contribution >= 0.6 is 0 Å². The summed E-state index contributed by atoms with van der Waals surface area (Å²) in [6.45, 7) is 2.11. The minimum atomic E-state index is -0.0464. The zero-order chi connectivity index (χ0) is 9.97. The highest BCUT2D eigenvalue weighted by Gasteiger charge is 2.20. The predicted molar refractivity (Wildman–Crippen MR) is 57.0 cm³/mol. The normalized spacial score (nSPS) is 19.5. The molecule has 74 valence electrons. The van der Waals surface area contributed by atoms with E-state index in [0.717, 1.165) is 24.3 Å². The molecule has 2 rings (SSSR count). The van der Waals surface area contributed by atoms with Gasteiger partial charge in [0.15, 0.2) is 6.10 Å². The van der Waals surface area contributed by atoms with Crippen LogP contribution in [0.5, 0.6) is 5.75 Å². The molecule has 1 aromatic rings. The Morgan fingerprint density at radius 2 is 2.21 bits per heavy atom. The van der Waals surface area contributed by atoms with Gasteiger partial charge in [0.1, 0.15) is 17.3 Å². The molecule has 0 saturated carbocycles. The van der Waals surface area contributed by atoms with Crippen molar-refractivity contribution in [2.24, 2.45) is 10.7 Å². The van der Waals surface area contributed by atoms with Gasteiger partial charge in [-0.15, -0.1) is 0 Å². The van der Waals surface area contributed by atoms with E-state index in [9.17, 15) is 0 Å². The van der Waals surface area contributed by atoms with Crippen LogP contribution < -0.4 is 10.5 Å². The number of nitrogens with zero attached hydrogens (tertiary/aromatic N) is 1. The summed E-state index contributed by atoms with van der Waals surface area (Å²) in [5, 5.41) is 0. The Balaban J connectivity index is 2.29. The fourth-order valence-electron chi connectivity index (χ4n) is 1.54. The van der Waals surface area contributed by atoms with Gasteiger partial charge in [-0.05, 0) is 18.6 Å². The minimum absolute atomic E-state index is 0.0464. The molecule has 14 heavy (non-hydrogen) atoms. The number of hydrogen-bond donors (Lipinski definition) is 1. The van der Waals surface area contributed by atoms with Crippen LogP contribution in [0, 0.1) is 0 Å². The van der Waals surface area contributed by atoms with Crippen molar-refractivity contribution < 1.29 is 4.74 Å². The Morgan fingerprint density at radius 1 is 1.43 bits per heavy atom. The Bertz CT molecular complexity index is 360. The Morgan fingerprint density at radius 3 is 3.00 bits per heavy atom.